The van der Waals surface area contributed by atoms with Crippen molar-refractivity contribution in [3.63, 3.8) is 0 Å². The quantitative estimate of drug-likeness (QED) is 0.847. The van der Waals surface area contributed by atoms with Gasteiger partial charge in [-0.25, -0.2) is 4.68 Å². The van der Waals surface area contributed by atoms with Crippen LogP contribution in [0.15, 0.2) is 28.5 Å². The molecule has 21 heavy (non-hydrogen) atoms. The summed E-state index contributed by atoms with van der Waals surface area (Å²) in [5.41, 5.74) is 0.346. The van der Waals surface area contributed by atoms with Gasteiger partial charge >= 0.3 is 0 Å². The van der Waals surface area contributed by atoms with E-state index in [4.69, 9.17) is 11.6 Å². The molecule has 0 saturated heterocycles. The molecular formula is C14H19ClN4OS. The standard InChI is InChI=1S/C14H19ClN4OS/c1-18(2)7-8-19-14(20)13(15)12(10-17-19)16-6-5-11-4-3-9-21-11/h3-4,9-10,16H,5-8H2,1-2H3. The van der Waals surface area contributed by atoms with Gasteiger partial charge in [-0.1, -0.05) is 17.7 Å². The largest absolute Gasteiger partial charge is 0.382 e. The van der Waals surface area contributed by atoms with Crippen molar-refractivity contribution in [2.45, 2.75) is 13.0 Å². The highest BCUT2D eigenvalue weighted by molar-refractivity contribution is 7.09. The summed E-state index contributed by atoms with van der Waals surface area (Å²) in [7, 11) is 3.90. The Morgan fingerprint density at radius 2 is 2.29 bits per heavy atom. The molecule has 5 nitrogen and oxygen atoms in total. The van der Waals surface area contributed by atoms with E-state index in [0.29, 0.717) is 12.2 Å². The smallest absolute Gasteiger partial charge is 0.287 e. The van der Waals surface area contributed by atoms with E-state index in [0.717, 1.165) is 19.5 Å². The zero-order valence-electron chi connectivity index (χ0n) is 12.2. The average molecular weight is 327 g/mol. The van der Waals surface area contributed by atoms with Gasteiger partial charge in [0.05, 0.1) is 18.4 Å². The van der Waals surface area contributed by atoms with Crippen molar-refractivity contribution in [1.82, 2.24) is 14.7 Å². The first-order valence-electron chi connectivity index (χ1n) is 6.74. The topological polar surface area (TPSA) is 50.2 Å². The van der Waals surface area contributed by atoms with E-state index >= 15 is 0 Å². The van der Waals surface area contributed by atoms with Crippen LogP contribution in [0.25, 0.3) is 0 Å². The van der Waals surface area contributed by atoms with E-state index in [1.165, 1.54) is 9.56 Å². The first-order valence-corrected chi connectivity index (χ1v) is 8.00. The predicted octanol–water partition coefficient (Wildman–Crippen LogP) is 2.17. The number of halogens is 1. The summed E-state index contributed by atoms with van der Waals surface area (Å²) >= 11 is 7.85. The summed E-state index contributed by atoms with van der Waals surface area (Å²) in [6, 6.07) is 4.12. The molecular weight excluding hydrogens is 308 g/mol. The number of hydrogen-bond acceptors (Lipinski definition) is 5. The minimum Gasteiger partial charge on any atom is -0.382 e. The SMILES string of the molecule is CN(C)CCn1ncc(NCCc2cccs2)c(Cl)c1=O. The first kappa shape index (κ1) is 16.0. The summed E-state index contributed by atoms with van der Waals surface area (Å²) < 4.78 is 1.40. The maximum Gasteiger partial charge on any atom is 0.287 e. The van der Waals surface area contributed by atoms with Crippen LogP contribution in [-0.4, -0.2) is 41.9 Å². The highest BCUT2D eigenvalue weighted by Crippen LogP contribution is 2.16. The van der Waals surface area contributed by atoms with Crippen molar-refractivity contribution in [3.8, 4) is 0 Å². The number of rotatable bonds is 7. The van der Waals surface area contributed by atoms with Gasteiger partial charge < -0.3 is 10.2 Å². The summed E-state index contributed by atoms with van der Waals surface area (Å²) in [6.45, 7) is 2.00. The Morgan fingerprint density at radius 3 is 2.95 bits per heavy atom. The van der Waals surface area contributed by atoms with Gasteiger partial charge in [0.15, 0.2) is 0 Å². The molecule has 0 aromatic carbocycles. The van der Waals surface area contributed by atoms with Crippen LogP contribution in [0.5, 0.6) is 0 Å². The summed E-state index contributed by atoms with van der Waals surface area (Å²) in [5, 5.41) is 9.59. The molecule has 0 aliphatic heterocycles. The van der Waals surface area contributed by atoms with E-state index in [-0.39, 0.29) is 10.6 Å². The fourth-order valence-electron chi connectivity index (χ4n) is 1.82. The Bertz CT molecular complexity index is 624. The molecule has 0 aliphatic rings. The van der Waals surface area contributed by atoms with Crippen molar-refractivity contribution in [3.05, 3.63) is 44.0 Å². The lowest BCUT2D eigenvalue weighted by Gasteiger charge is -2.12. The molecule has 0 radical (unpaired) electrons. The van der Waals surface area contributed by atoms with Crippen molar-refractivity contribution in [2.24, 2.45) is 0 Å². The minimum atomic E-state index is -0.250. The second kappa shape index (κ2) is 7.59. The van der Waals surface area contributed by atoms with E-state index in [1.807, 2.05) is 25.1 Å². The summed E-state index contributed by atoms with van der Waals surface area (Å²) in [6.07, 6.45) is 2.52. The molecule has 2 aromatic heterocycles. The van der Waals surface area contributed by atoms with Gasteiger partial charge in [-0.3, -0.25) is 4.79 Å². The third kappa shape index (κ3) is 4.56. The molecule has 2 aromatic rings. The Morgan fingerprint density at radius 1 is 1.48 bits per heavy atom. The molecule has 0 aliphatic carbocycles. The molecule has 0 atom stereocenters. The molecule has 0 bridgehead atoms. The van der Waals surface area contributed by atoms with Crippen LogP contribution in [-0.2, 0) is 13.0 Å². The number of thiophene rings is 1. The lowest BCUT2D eigenvalue weighted by atomic mass is 10.3. The van der Waals surface area contributed by atoms with Crippen LogP contribution < -0.4 is 10.9 Å². The predicted molar refractivity (Wildman–Crippen MR) is 88.6 cm³/mol. The molecule has 1 N–H and O–H groups in total. The fourth-order valence-corrected chi connectivity index (χ4v) is 2.74. The van der Waals surface area contributed by atoms with Gasteiger partial charge in [-0.05, 0) is 32.0 Å². The number of hydrogen-bond donors (Lipinski definition) is 1. The van der Waals surface area contributed by atoms with Crippen LogP contribution in [0.1, 0.15) is 4.88 Å². The molecule has 0 fully saturated rings. The Labute approximate surface area is 133 Å². The van der Waals surface area contributed by atoms with Crippen LogP contribution in [0.3, 0.4) is 0 Å². The minimum absolute atomic E-state index is 0.204. The first-order chi connectivity index (χ1) is 10.1. The number of nitrogens with one attached hydrogen (secondary N) is 1. The Balaban J connectivity index is 1.97. The number of likely N-dealkylation sites (N-methyl/N-ethyl adjacent to an activating group) is 1. The van der Waals surface area contributed by atoms with E-state index in [2.05, 4.69) is 21.9 Å². The zero-order chi connectivity index (χ0) is 15.2. The van der Waals surface area contributed by atoms with Gasteiger partial charge in [-0.2, -0.15) is 5.10 Å². The third-order valence-corrected chi connectivity index (χ3v) is 4.31. The highest BCUT2D eigenvalue weighted by atomic mass is 35.5. The molecule has 0 unspecified atom stereocenters. The Kier molecular flexibility index (Phi) is 5.78. The van der Waals surface area contributed by atoms with Gasteiger partial charge in [-0.15, -0.1) is 11.3 Å². The maximum absolute atomic E-state index is 12.1. The van der Waals surface area contributed by atoms with Gasteiger partial charge in [0.25, 0.3) is 5.56 Å². The maximum atomic E-state index is 12.1. The third-order valence-electron chi connectivity index (χ3n) is 3.01. The lowest BCUT2D eigenvalue weighted by Crippen LogP contribution is -2.29. The van der Waals surface area contributed by atoms with Crippen molar-refractivity contribution < 1.29 is 0 Å². The monoisotopic (exact) mass is 326 g/mol. The summed E-state index contributed by atoms with van der Waals surface area (Å²) in [5.74, 6) is 0. The molecule has 7 heteroatoms. The second-order valence-electron chi connectivity index (χ2n) is 4.96. The Hall–Kier alpha value is -1.37. The van der Waals surface area contributed by atoms with Gasteiger partial charge in [0, 0.05) is 18.0 Å². The van der Waals surface area contributed by atoms with Gasteiger partial charge in [0.1, 0.15) is 5.02 Å². The average Bonchev–Trinajstić information content (AvgIpc) is 2.95. The molecule has 114 valence electrons. The van der Waals surface area contributed by atoms with Crippen LogP contribution in [0.2, 0.25) is 5.02 Å². The lowest BCUT2D eigenvalue weighted by molar-refractivity contribution is 0.367. The van der Waals surface area contributed by atoms with E-state index in [1.54, 1.807) is 17.5 Å². The molecule has 2 rings (SSSR count). The molecule has 2 heterocycles. The van der Waals surface area contributed by atoms with Crippen molar-refractivity contribution in [1.29, 1.82) is 0 Å². The number of aromatic nitrogens is 2. The van der Waals surface area contributed by atoms with Crippen molar-refractivity contribution >= 4 is 28.6 Å². The normalized spacial score (nSPS) is 11.0. The van der Waals surface area contributed by atoms with E-state index < -0.39 is 0 Å². The summed E-state index contributed by atoms with van der Waals surface area (Å²) in [4.78, 5) is 15.4. The number of nitrogens with zero attached hydrogens (tertiary/aromatic N) is 3. The van der Waals surface area contributed by atoms with Crippen LogP contribution in [0, 0.1) is 0 Å². The van der Waals surface area contributed by atoms with Crippen molar-refractivity contribution in [2.75, 3.05) is 32.5 Å². The fraction of sp³-hybridized carbons (Fsp3) is 0.429. The zero-order valence-corrected chi connectivity index (χ0v) is 13.7. The number of anilines is 1. The molecule has 0 spiro atoms. The highest BCUT2D eigenvalue weighted by Gasteiger charge is 2.09. The molecule has 0 amide bonds. The van der Waals surface area contributed by atoms with E-state index in [9.17, 15) is 4.79 Å². The van der Waals surface area contributed by atoms with Crippen LogP contribution in [0.4, 0.5) is 5.69 Å². The second-order valence-corrected chi connectivity index (χ2v) is 6.37. The van der Waals surface area contributed by atoms with Crippen LogP contribution >= 0.6 is 22.9 Å². The molecule has 0 saturated carbocycles. The van der Waals surface area contributed by atoms with Gasteiger partial charge in [0.2, 0.25) is 0 Å².